The Kier molecular flexibility index (Phi) is 25.6. The van der Waals surface area contributed by atoms with Crippen LogP contribution in [0.2, 0.25) is 0 Å². The lowest BCUT2D eigenvalue weighted by Crippen LogP contribution is -2.31. The van der Waals surface area contributed by atoms with Gasteiger partial charge in [0.1, 0.15) is 17.5 Å². The first-order valence-corrected chi connectivity index (χ1v) is 42.2. The number of amides is 3. The van der Waals surface area contributed by atoms with Crippen molar-refractivity contribution in [2.75, 3.05) is 49.4 Å². The molecule has 0 unspecified atom stereocenters. The van der Waals surface area contributed by atoms with Crippen molar-refractivity contribution < 1.29 is 31.2 Å². The van der Waals surface area contributed by atoms with E-state index in [9.17, 15) is 31.2 Å². The maximum atomic E-state index is 13.9. The van der Waals surface area contributed by atoms with E-state index < -0.39 is 19.7 Å². The minimum atomic E-state index is -3.33. The first kappa shape index (κ1) is 79.8. The average molecular weight is 1580 g/mol. The van der Waals surface area contributed by atoms with Crippen LogP contribution in [0.1, 0.15) is 103 Å². The van der Waals surface area contributed by atoms with Gasteiger partial charge in [-0.05, 0) is 184 Å². The van der Waals surface area contributed by atoms with Gasteiger partial charge in [0, 0.05) is 52.7 Å². The third-order valence-corrected chi connectivity index (χ3v) is 22.3. The molecule has 0 bridgehead atoms. The van der Waals surface area contributed by atoms with Crippen LogP contribution in [-0.4, -0.2) is 83.2 Å². The Morgan fingerprint density at radius 2 is 0.591 bits per heavy atom. The van der Waals surface area contributed by atoms with Gasteiger partial charge in [0.25, 0.3) is 17.7 Å². The third-order valence-electron chi connectivity index (χ3n) is 19.3. The van der Waals surface area contributed by atoms with Crippen molar-refractivity contribution in [3.8, 4) is 0 Å². The van der Waals surface area contributed by atoms with Gasteiger partial charge in [-0.1, -0.05) is 218 Å². The molecule has 0 radical (unpaired) electrons. The van der Waals surface area contributed by atoms with Crippen LogP contribution >= 0.6 is 11.8 Å². The summed E-state index contributed by atoms with van der Waals surface area (Å²) in [7, 11) is -6.66. The first-order valence-electron chi connectivity index (χ1n) is 37.2. The van der Waals surface area contributed by atoms with Crippen LogP contribution in [0.3, 0.4) is 0 Å². The van der Waals surface area contributed by atoms with Crippen molar-refractivity contribution in [3.05, 3.63) is 378 Å². The van der Waals surface area contributed by atoms with Crippen molar-refractivity contribution in [2.45, 2.75) is 73.2 Å². The lowest BCUT2D eigenvalue weighted by molar-refractivity contribution is 0.0976. The molecular weight excluding hydrogens is 1490 g/mol. The molecule has 0 aliphatic rings. The molecule has 0 saturated carbocycles. The van der Waals surface area contributed by atoms with Crippen molar-refractivity contribution in [1.82, 2.24) is 29.9 Å². The molecule has 0 fully saturated rings. The number of carbonyl (C=O) groups excluding carboxylic acids is 3. The molecule has 12 aromatic carbocycles. The smallest absolute Gasteiger partial charge is 0.259 e. The van der Waals surface area contributed by atoms with Crippen molar-refractivity contribution in [1.29, 1.82) is 0 Å². The van der Waals surface area contributed by atoms with Crippen LogP contribution in [0.15, 0.2) is 343 Å². The van der Waals surface area contributed by atoms with Gasteiger partial charge in [-0.25, -0.2) is 31.8 Å². The Morgan fingerprint density at radius 1 is 0.330 bits per heavy atom. The number of aromatic nitrogens is 6. The number of thioether (sulfide) groups is 1. The topological polar surface area (TPSA) is 243 Å². The third kappa shape index (κ3) is 20.9. The van der Waals surface area contributed by atoms with E-state index in [1.807, 2.05) is 220 Å². The van der Waals surface area contributed by atoms with E-state index in [1.54, 1.807) is 112 Å². The zero-order chi connectivity index (χ0) is 80.4. The molecule has 3 N–H and O–H groups in total. The van der Waals surface area contributed by atoms with E-state index in [0.717, 1.165) is 65.7 Å². The van der Waals surface area contributed by atoms with E-state index in [0.29, 0.717) is 58.5 Å². The number of hydrogen-bond acceptors (Lipinski definition) is 17. The number of fused-ring (bicyclic) bond motifs is 3. The van der Waals surface area contributed by atoms with Crippen LogP contribution < -0.4 is 30.7 Å². The monoisotopic (exact) mass is 1580 g/mol. The second kappa shape index (κ2) is 36.9. The normalized spacial score (nSPS) is 12.0. The molecule has 15 rings (SSSR count). The fraction of sp³-hybridized carbons (Fsp3) is 0.129. The van der Waals surface area contributed by atoms with Crippen LogP contribution in [0, 0.1) is 0 Å². The SMILES string of the molecule is CSc1ccc(CN(C(=O)c2ccc3ccccc3c2)c2ccnc(N[C@@H](C)c3ccccc3)n2)cc1.C[C@H](Nc1nccc(N(Cc2ccc(S(C)(=O)=O)cc2)C(=O)c2ccc3ccccc3c2)n1)c1ccccc1.C[C@H](Nc1nccc(N(Cc2ccc(S(C)(=O)=O)cc2)C(=O)c2ccc3ccccc3c2)n1)c1ccccc1. The van der Waals surface area contributed by atoms with E-state index in [4.69, 9.17) is 4.98 Å². The molecule has 115 heavy (non-hydrogen) atoms. The predicted octanol–water partition coefficient (Wildman–Crippen LogP) is 19.5. The fourth-order valence-electron chi connectivity index (χ4n) is 12.9. The van der Waals surface area contributed by atoms with Gasteiger partial charge in [-0.2, -0.15) is 15.0 Å². The molecule has 3 aromatic heterocycles. The number of anilines is 6. The minimum absolute atomic E-state index is 0.0141. The van der Waals surface area contributed by atoms with E-state index in [2.05, 4.69) is 90.4 Å². The molecule has 3 atom stereocenters. The minimum Gasteiger partial charge on any atom is -0.348 e. The van der Waals surface area contributed by atoms with E-state index in [1.165, 1.54) is 17.4 Å². The number of nitrogens with one attached hydrogen (secondary N) is 3. The van der Waals surface area contributed by atoms with Gasteiger partial charge in [0.2, 0.25) is 17.8 Å². The average Bonchev–Trinajstić information content (AvgIpc) is 0.806. The highest BCUT2D eigenvalue weighted by Gasteiger charge is 2.26. The summed E-state index contributed by atoms with van der Waals surface area (Å²) < 4.78 is 47.7. The zero-order valence-electron chi connectivity index (χ0n) is 64.1. The Balaban J connectivity index is 0.000000150. The Hall–Kier alpha value is -13.3. The molecule has 19 nitrogen and oxygen atoms in total. The summed E-state index contributed by atoms with van der Waals surface area (Å²) in [6, 6.07) is 97.4. The molecule has 3 heterocycles. The summed E-state index contributed by atoms with van der Waals surface area (Å²) in [5, 5.41) is 16.1. The molecule has 0 saturated heterocycles. The molecule has 0 aliphatic heterocycles. The number of carbonyl (C=O) groups is 3. The lowest BCUT2D eigenvalue weighted by Gasteiger charge is -2.23. The van der Waals surface area contributed by atoms with Gasteiger partial charge >= 0.3 is 0 Å². The van der Waals surface area contributed by atoms with Gasteiger partial charge in [0.15, 0.2) is 19.7 Å². The van der Waals surface area contributed by atoms with Crippen LogP contribution in [-0.2, 0) is 39.3 Å². The highest BCUT2D eigenvalue weighted by Crippen LogP contribution is 2.30. The molecule has 15 aromatic rings. The summed E-state index contributed by atoms with van der Waals surface area (Å²) in [5.74, 6) is 2.10. The zero-order valence-corrected chi connectivity index (χ0v) is 66.6. The number of nitrogens with zero attached hydrogens (tertiary/aromatic N) is 9. The predicted molar refractivity (Wildman–Crippen MR) is 462 cm³/mol. The largest absolute Gasteiger partial charge is 0.348 e. The second-order valence-corrected chi connectivity index (χ2v) is 32.5. The molecular formula is C93H84N12O7S3. The van der Waals surface area contributed by atoms with Crippen LogP contribution in [0.25, 0.3) is 32.3 Å². The molecule has 576 valence electrons. The summed E-state index contributed by atoms with van der Waals surface area (Å²) in [6.45, 7) is 6.89. The van der Waals surface area contributed by atoms with Crippen molar-refractivity contribution in [2.24, 2.45) is 0 Å². The summed E-state index contributed by atoms with van der Waals surface area (Å²) in [5.41, 5.74) is 7.52. The van der Waals surface area contributed by atoms with Gasteiger partial charge < -0.3 is 16.0 Å². The fourth-order valence-corrected chi connectivity index (χ4v) is 14.6. The maximum absolute atomic E-state index is 13.9. The van der Waals surface area contributed by atoms with Crippen LogP contribution in [0.4, 0.5) is 35.3 Å². The Labute approximate surface area is 674 Å². The quantitative estimate of drug-likeness (QED) is 0.0476. The highest BCUT2D eigenvalue weighted by molar-refractivity contribution is 7.98. The van der Waals surface area contributed by atoms with Crippen molar-refractivity contribution >= 4 is 117 Å². The van der Waals surface area contributed by atoms with E-state index >= 15 is 0 Å². The Bertz CT molecular complexity index is 5880. The molecule has 22 heteroatoms. The summed E-state index contributed by atoms with van der Waals surface area (Å²) in [6.07, 6.45) is 9.33. The summed E-state index contributed by atoms with van der Waals surface area (Å²) in [4.78, 5) is 75.6. The summed E-state index contributed by atoms with van der Waals surface area (Å²) >= 11 is 1.69. The maximum Gasteiger partial charge on any atom is 0.259 e. The number of rotatable bonds is 24. The van der Waals surface area contributed by atoms with Gasteiger partial charge in [0.05, 0.1) is 47.6 Å². The molecule has 0 spiro atoms. The standard InChI is InChI=1S/2C31H28N4O3S.C31H28N4OS/c2*1-22(24-8-4-3-5-9-24)33-31-32-19-18-29(34-31)35(21-23-12-16-28(17-13-23)39(2,37)38)30(36)27-15-14-25-10-6-7-11-26(25)20-27;1-22(24-8-4-3-5-9-24)33-31-32-19-18-29(34-31)35(21-23-12-16-28(37-2)17-13-23)30(36)27-15-14-25-10-6-7-11-26(25)20-27/h2*3-20,22H,21H2,1-2H3,(H,32,33,34);3-20,22H,21H2,1-2H3,(H,32,33,34)/t3*22-/m000/s1. The molecule has 0 aliphatic carbocycles. The van der Waals surface area contributed by atoms with Gasteiger partial charge in [-0.15, -0.1) is 11.8 Å². The highest BCUT2D eigenvalue weighted by atomic mass is 32.2. The molecule has 3 amide bonds. The first-order chi connectivity index (χ1) is 55.7. The Morgan fingerprint density at radius 3 is 0.861 bits per heavy atom. The van der Waals surface area contributed by atoms with E-state index in [-0.39, 0.29) is 58.7 Å². The number of hydrogen-bond donors (Lipinski definition) is 3. The second-order valence-electron chi connectivity index (χ2n) is 27.6. The number of benzene rings is 12. The van der Waals surface area contributed by atoms with Crippen molar-refractivity contribution in [3.63, 3.8) is 0 Å². The van der Waals surface area contributed by atoms with Gasteiger partial charge in [-0.3, -0.25) is 29.1 Å². The van der Waals surface area contributed by atoms with Crippen LogP contribution in [0.5, 0.6) is 0 Å². The lowest BCUT2D eigenvalue weighted by atomic mass is 10.1. The number of sulfone groups is 2.